The van der Waals surface area contributed by atoms with E-state index in [9.17, 15) is 19.2 Å². The summed E-state index contributed by atoms with van der Waals surface area (Å²) in [5.41, 5.74) is 0.879. The van der Waals surface area contributed by atoms with Gasteiger partial charge in [0, 0.05) is 12.1 Å². The largest absolute Gasteiger partial charge is 0.462 e. The zero-order chi connectivity index (χ0) is 16.1. The van der Waals surface area contributed by atoms with Gasteiger partial charge in [-0.05, 0) is 31.2 Å². The molecule has 8 heteroatoms. The lowest BCUT2D eigenvalue weighted by Gasteiger charge is -2.08. The molecule has 2 N–H and O–H groups in total. The Bertz CT molecular complexity index is 614. The Labute approximate surface area is 130 Å². The molecule has 0 aliphatic carbocycles. The van der Waals surface area contributed by atoms with Crippen LogP contribution < -0.4 is 10.6 Å². The average molecular weight is 322 g/mol. The van der Waals surface area contributed by atoms with Gasteiger partial charge in [0.15, 0.2) is 0 Å². The van der Waals surface area contributed by atoms with Gasteiger partial charge in [-0.2, -0.15) is 0 Å². The molecule has 22 heavy (non-hydrogen) atoms. The first-order chi connectivity index (χ1) is 10.5. The van der Waals surface area contributed by atoms with Gasteiger partial charge in [0.05, 0.1) is 12.2 Å². The third-order valence-electron chi connectivity index (χ3n) is 2.82. The summed E-state index contributed by atoms with van der Waals surface area (Å²) in [5.74, 6) is -1.27. The van der Waals surface area contributed by atoms with Gasteiger partial charge < -0.3 is 10.1 Å². The summed E-state index contributed by atoms with van der Waals surface area (Å²) < 4.78 is 4.85. The van der Waals surface area contributed by atoms with E-state index in [1.54, 1.807) is 19.1 Å². The van der Waals surface area contributed by atoms with Gasteiger partial charge >= 0.3 is 5.97 Å². The molecule has 1 aromatic carbocycles. The first-order valence-corrected chi connectivity index (χ1v) is 7.46. The summed E-state index contributed by atoms with van der Waals surface area (Å²) in [6.07, 6.45) is -0.0954. The van der Waals surface area contributed by atoms with E-state index >= 15 is 0 Å². The molecule has 1 aliphatic rings. The lowest BCUT2D eigenvalue weighted by Crippen LogP contribution is -2.27. The van der Waals surface area contributed by atoms with Crippen LogP contribution >= 0.6 is 11.8 Å². The molecular weight excluding hydrogens is 308 g/mol. The maximum absolute atomic E-state index is 11.8. The summed E-state index contributed by atoms with van der Waals surface area (Å²) >= 11 is 0.803. The summed E-state index contributed by atoms with van der Waals surface area (Å²) in [7, 11) is 0. The number of ether oxygens (including phenoxy) is 1. The lowest BCUT2D eigenvalue weighted by molar-refractivity contribution is -0.122. The third-order valence-corrected chi connectivity index (χ3v) is 3.80. The zero-order valence-corrected chi connectivity index (χ0v) is 12.6. The Morgan fingerprint density at radius 1 is 1.27 bits per heavy atom. The molecule has 3 amide bonds. The van der Waals surface area contributed by atoms with Crippen LogP contribution in [-0.2, 0) is 14.3 Å². The number of esters is 1. The molecule has 0 bridgehead atoms. The highest BCUT2D eigenvalue weighted by Crippen LogP contribution is 2.22. The van der Waals surface area contributed by atoms with Crippen molar-refractivity contribution in [2.24, 2.45) is 0 Å². The Hall–Kier alpha value is -2.35. The molecular formula is C14H14N2O5S. The predicted octanol–water partition coefficient (Wildman–Crippen LogP) is 1.54. The molecule has 7 nitrogen and oxygen atoms in total. The lowest BCUT2D eigenvalue weighted by atomic mass is 10.2. The van der Waals surface area contributed by atoms with E-state index in [1.807, 2.05) is 0 Å². The topological polar surface area (TPSA) is 102 Å². The standard InChI is InChI=1S/C14H14N2O5S/c1-2-21-13(19)8-3-5-9(6-4-8)15-11(17)7-10-12(18)16-14(20)22-10/h3-6,10H,2,7H2,1H3,(H,15,17)(H,16,18,20)/t10-/m1/s1. The van der Waals surface area contributed by atoms with Crippen molar-refractivity contribution in [1.82, 2.24) is 5.32 Å². The Kier molecular flexibility index (Phi) is 5.16. The fourth-order valence-corrected chi connectivity index (χ4v) is 2.63. The molecule has 0 aromatic heterocycles. The van der Waals surface area contributed by atoms with Gasteiger partial charge in [-0.3, -0.25) is 19.7 Å². The molecule has 1 aliphatic heterocycles. The summed E-state index contributed by atoms with van der Waals surface area (Å²) in [5, 5.41) is 3.58. The fourth-order valence-electron chi connectivity index (χ4n) is 1.81. The molecule has 1 heterocycles. The number of imide groups is 1. The second-order valence-electron chi connectivity index (χ2n) is 4.43. The van der Waals surface area contributed by atoms with Crippen LogP contribution in [0, 0.1) is 0 Å². The van der Waals surface area contributed by atoms with Crippen molar-refractivity contribution in [3.8, 4) is 0 Å². The molecule has 0 radical (unpaired) electrons. The van der Waals surface area contributed by atoms with Crippen LogP contribution in [-0.4, -0.2) is 34.9 Å². The number of nitrogens with one attached hydrogen (secondary N) is 2. The minimum atomic E-state index is -0.702. The highest BCUT2D eigenvalue weighted by molar-refractivity contribution is 8.15. The van der Waals surface area contributed by atoms with Crippen LogP contribution in [0.15, 0.2) is 24.3 Å². The van der Waals surface area contributed by atoms with Crippen molar-refractivity contribution in [1.29, 1.82) is 0 Å². The minimum absolute atomic E-state index is 0.0954. The van der Waals surface area contributed by atoms with Crippen LogP contribution in [0.5, 0.6) is 0 Å². The average Bonchev–Trinajstić information content (AvgIpc) is 2.77. The van der Waals surface area contributed by atoms with E-state index in [-0.39, 0.29) is 18.9 Å². The van der Waals surface area contributed by atoms with Gasteiger partial charge in [0.2, 0.25) is 11.8 Å². The van der Waals surface area contributed by atoms with E-state index in [2.05, 4.69) is 10.6 Å². The second kappa shape index (κ2) is 7.08. The Morgan fingerprint density at radius 2 is 1.95 bits per heavy atom. The number of thioether (sulfide) groups is 1. The van der Waals surface area contributed by atoms with Crippen LogP contribution in [0.25, 0.3) is 0 Å². The molecule has 1 fully saturated rings. The maximum Gasteiger partial charge on any atom is 0.338 e. The number of amides is 3. The van der Waals surface area contributed by atoms with E-state index in [0.717, 1.165) is 11.8 Å². The normalized spacial score (nSPS) is 17.0. The van der Waals surface area contributed by atoms with Gasteiger partial charge in [-0.25, -0.2) is 4.79 Å². The van der Waals surface area contributed by atoms with Gasteiger partial charge in [-0.15, -0.1) is 0 Å². The Morgan fingerprint density at radius 3 is 2.50 bits per heavy atom. The van der Waals surface area contributed by atoms with Crippen molar-refractivity contribution in [2.45, 2.75) is 18.6 Å². The zero-order valence-electron chi connectivity index (χ0n) is 11.8. The number of benzene rings is 1. The molecule has 0 spiro atoms. The minimum Gasteiger partial charge on any atom is -0.462 e. The van der Waals surface area contributed by atoms with Gasteiger partial charge in [0.1, 0.15) is 5.25 Å². The van der Waals surface area contributed by atoms with Crippen molar-refractivity contribution in [2.75, 3.05) is 11.9 Å². The van der Waals surface area contributed by atoms with E-state index < -0.39 is 22.4 Å². The highest BCUT2D eigenvalue weighted by atomic mass is 32.2. The number of carbonyl (C=O) groups excluding carboxylic acids is 4. The van der Waals surface area contributed by atoms with E-state index in [1.165, 1.54) is 12.1 Å². The maximum atomic E-state index is 11.8. The van der Waals surface area contributed by atoms with Crippen LogP contribution in [0.1, 0.15) is 23.7 Å². The monoisotopic (exact) mass is 322 g/mol. The van der Waals surface area contributed by atoms with Crippen molar-refractivity contribution < 1.29 is 23.9 Å². The molecule has 1 saturated heterocycles. The second-order valence-corrected chi connectivity index (χ2v) is 5.61. The van der Waals surface area contributed by atoms with Crippen molar-refractivity contribution in [3.63, 3.8) is 0 Å². The molecule has 0 unspecified atom stereocenters. The number of hydrogen-bond donors (Lipinski definition) is 2. The molecule has 0 saturated carbocycles. The molecule has 1 aromatic rings. The SMILES string of the molecule is CCOC(=O)c1ccc(NC(=O)C[C@H]2SC(=O)NC2=O)cc1. The summed E-state index contributed by atoms with van der Waals surface area (Å²) in [6.45, 7) is 2.01. The third kappa shape index (κ3) is 4.08. The van der Waals surface area contributed by atoms with Crippen LogP contribution in [0.3, 0.4) is 0 Å². The number of hydrogen-bond acceptors (Lipinski definition) is 6. The summed E-state index contributed by atoms with van der Waals surface area (Å²) in [4.78, 5) is 45.7. The number of rotatable bonds is 5. The van der Waals surface area contributed by atoms with Crippen LogP contribution in [0.2, 0.25) is 0 Å². The predicted molar refractivity (Wildman–Crippen MR) is 80.6 cm³/mol. The highest BCUT2D eigenvalue weighted by Gasteiger charge is 2.33. The molecule has 1 atom stereocenters. The Balaban J connectivity index is 1.90. The molecule has 2 rings (SSSR count). The fraction of sp³-hybridized carbons (Fsp3) is 0.286. The van der Waals surface area contributed by atoms with Crippen molar-refractivity contribution in [3.05, 3.63) is 29.8 Å². The summed E-state index contributed by atoms with van der Waals surface area (Å²) in [6, 6.07) is 6.21. The van der Waals surface area contributed by atoms with Gasteiger partial charge in [-0.1, -0.05) is 11.8 Å². The van der Waals surface area contributed by atoms with Gasteiger partial charge in [0.25, 0.3) is 5.24 Å². The first-order valence-electron chi connectivity index (χ1n) is 6.58. The van der Waals surface area contributed by atoms with E-state index in [4.69, 9.17) is 4.74 Å². The quantitative estimate of drug-likeness (QED) is 0.797. The first kappa shape index (κ1) is 16.0. The smallest absolute Gasteiger partial charge is 0.338 e. The molecule has 116 valence electrons. The number of carbonyl (C=O) groups is 4. The van der Waals surface area contributed by atoms with E-state index in [0.29, 0.717) is 11.3 Å². The number of anilines is 1. The van der Waals surface area contributed by atoms with Crippen LogP contribution in [0.4, 0.5) is 10.5 Å². The van der Waals surface area contributed by atoms with Crippen molar-refractivity contribution >= 4 is 40.5 Å².